The molecule has 0 N–H and O–H groups in total. The molecule has 0 aromatic carbocycles. The number of hydrogen-bond acceptors (Lipinski definition) is 0. The summed E-state index contributed by atoms with van der Waals surface area (Å²) in [5.41, 5.74) is 0. The molecule has 8 heavy (non-hydrogen) atoms. The Morgan fingerprint density at radius 1 is 0.875 bits per heavy atom. The molecule has 2 heteroatoms. The number of halogens is 1. The summed E-state index contributed by atoms with van der Waals surface area (Å²) in [6, 6.07) is 0. The maximum atomic E-state index is 3.25. The van der Waals surface area contributed by atoms with Crippen LogP contribution in [0.3, 0.4) is 0 Å². The molecule has 0 amide bonds. The van der Waals surface area contributed by atoms with Crippen molar-refractivity contribution in [3.8, 4) is 0 Å². The van der Waals surface area contributed by atoms with E-state index < -0.39 is 0 Å². The van der Waals surface area contributed by atoms with Gasteiger partial charge in [-0.15, -0.1) is 13.2 Å². The maximum absolute atomic E-state index is 3.25. The summed E-state index contributed by atoms with van der Waals surface area (Å²) in [5, 5.41) is 0. The zero-order valence-electron chi connectivity index (χ0n) is 4.86. The standard InChI is InChI=1S/2C3H5.Ce.ClH/c2*1-3-2;;/h2*3H,1-2H2;;1H/p-1. The van der Waals surface area contributed by atoms with Gasteiger partial charge in [0.25, 0.3) is 0 Å². The molecule has 0 aliphatic heterocycles. The predicted molar refractivity (Wildman–Crippen MR) is 31.1 cm³/mol. The summed E-state index contributed by atoms with van der Waals surface area (Å²) in [4.78, 5) is 0. The van der Waals surface area contributed by atoms with Crippen LogP contribution in [0.25, 0.3) is 0 Å². The fourth-order valence-corrected chi connectivity index (χ4v) is 0. The smallest absolute Gasteiger partial charge is 0 e. The van der Waals surface area contributed by atoms with Gasteiger partial charge < -0.3 is 12.4 Å². The van der Waals surface area contributed by atoms with Gasteiger partial charge in [-0.2, -0.15) is 0 Å². The molecule has 0 spiro atoms. The second-order valence-electron chi connectivity index (χ2n) is 0.577. The van der Waals surface area contributed by atoms with Crippen molar-refractivity contribution in [3.05, 3.63) is 39.2 Å². The van der Waals surface area contributed by atoms with E-state index in [0.717, 1.165) is 0 Å². The molecule has 2 radical (unpaired) electrons. The molecular weight excluding hydrogens is 248 g/mol. The average molecular weight is 258 g/mol. The molecule has 0 rings (SSSR count). The topological polar surface area (TPSA) is 0 Å². The van der Waals surface area contributed by atoms with Gasteiger partial charge >= 0.3 is 0 Å². The van der Waals surface area contributed by atoms with Gasteiger partial charge in [-0.3, -0.25) is 0 Å². The third kappa shape index (κ3) is 205. The Hall–Kier alpha value is 1.15. The fraction of sp³-hybridized carbons (Fsp3) is 0. The molecule has 0 nitrogen and oxygen atoms in total. The van der Waals surface area contributed by atoms with E-state index in [4.69, 9.17) is 0 Å². The molecule has 0 saturated heterocycles. The molecule has 0 unspecified atom stereocenters. The average Bonchev–Trinajstić information content (AvgIpc) is 1.39. The second kappa shape index (κ2) is 42.0. The summed E-state index contributed by atoms with van der Waals surface area (Å²) in [5.74, 6) is 0. The summed E-state index contributed by atoms with van der Waals surface area (Å²) in [6.45, 7) is 13.0. The van der Waals surface area contributed by atoms with Crippen molar-refractivity contribution < 1.29 is 54.2 Å². The van der Waals surface area contributed by atoms with Crippen LogP contribution in [-0.4, -0.2) is 0 Å². The molecule has 46 valence electrons. The summed E-state index contributed by atoms with van der Waals surface area (Å²) >= 11 is 0. The molecule has 0 aromatic rings. The first kappa shape index (κ1) is 22.9. The van der Waals surface area contributed by atoms with Crippen LogP contribution < -0.4 is 12.4 Å². The molecule has 0 saturated carbocycles. The largest absolute Gasteiger partial charge is 1.00 e. The Bertz CT molecular complexity index is 29.5. The zero-order chi connectivity index (χ0) is 5.41. The van der Waals surface area contributed by atoms with Gasteiger partial charge in [-0.25, -0.2) is 0 Å². The minimum absolute atomic E-state index is 0. The van der Waals surface area contributed by atoms with E-state index in [1.165, 1.54) is 12.2 Å². The van der Waals surface area contributed by atoms with Crippen molar-refractivity contribution in [2.45, 2.75) is 0 Å². The van der Waals surface area contributed by atoms with Crippen LogP contribution in [0, 0.1) is 55.6 Å². The summed E-state index contributed by atoms with van der Waals surface area (Å²) in [7, 11) is 0. The first-order valence-corrected chi connectivity index (χ1v) is 1.63. The normalized spacial score (nSPS) is 3.25. The maximum Gasteiger partial charge on any atom is 0 e. The third-order valence-corrected chi connectivity index (χ3v) is 0. The second-order valence-corrected chi connectivity index (χ2v) is 0.577. The molecule has 0 aliphatic rings. The van der Waals surface area contributed by atoms with Crippen molar-refractivity contribution >= 4 is 0 Å². The molecule has 0 fully saturated rings. The first-order chi connectivity index (χ1) is 2.83. The van der Waals surface area contributed by atoms with Crippen molar-refractivity contribution in [3.63, 3.8) is 0 Å². The Labute approximate surface area is 92.2 Å². The van der Waals surface area contributed by atoms with Gasteiger partial charge in [-0.1, -0.05) is 12.2 Å². The van der Waals surface area contributed by atoms with Crippen molar-refractivity contribution in [1.29, 1.82) is 0 Å². The molecule has 0 aromatic heterocycles. The van der Waals surface area contributed by atoms with Crippen LogP contribution in [-0.2, 0) is 0 Å². The fourth-order valence-electron chi connectivity index (χ4n) is 0. The van der Waals surface area contributed by atoms with Crippen molar-refractivity contribution in [2.24, 2.45) is 0 Å². The Balaban J connectivity index is -0.0000000160. The number of hydrogen-bond donors (Lipinski definition) is 0. The van der Waals surface area contributed by atoms with Crippen LogP contribution in [0.1, 0.15) is 0 Å². The van der Waals surface area contributed by atoms with Gasteiger partial charge in [0, 0.05) is 41.7 Å². The van der Waals surface area contributed by atoms with Gasteiger partial charge in [0.2, 0.25) is 0 Å². The Morgan fingerprint density at radius 2 is 0.875 bits per heavy atom. The van der Waals surface area contributed by atoms with E-state index >= 15 is 0 Å². The van der Waals surface area contributed by atoms with E-state index in [2.05, 4.69) is 27.0 Å². The van der Waals surface area contributed by atoms with Gasteiger partial charge in [-0.05, 0) is 13.8 Å². The SMILES string of the molecule is [CH2]C=C.[CH2]C=C.[Ce].[Cl-]. The Kier molecular flexibility index (Phi) is 120. The monoisotopic (exact) mass is 257 g/mol. The Morgan fingerprint density at radius 3 is 0.875 bits per heavy atom. The predicted octanol–water partition coefficient (Wildman–Crippen LogP) is -0.983. The molecule has 0 atom stereocenters. The van der Waals surface area contributed by atoms with E-state index in [9.17, 15) is 0 Å². The van der Waals surface area contributed by atoms with Crippen LogP contribution in [0.5, 0.6) is 0 Å². The first-order valence-electron chi connectivity index (χ1n) is 1.63. The van der Waals surface area contributed by atoms with Crippen molar-refractivity contribution in [1.82, 2.24) is 0 Å². The minimum Gasteiger partial charge on any atom is -1.00 e. The van der Waals surface area contributed by atoms with E-state index in [1.807, 2.05) is 0 Å². The van der Waals surface area contributed by atoms with E-state index in [-0.39, 0.29) is 54.2 Å². The third-order valence-electron chi connectivity index (χ3n) is 0. The van der Waals surface area contributed by atoms with Gasteiger partial charge in [0.15, 0.2) is 0 Å². The summed E-state index contributed by atoms with van der Waals surface area (Å²) < 4.78 is 0. The molecule has 0 heterocycles. The number of rotatable bonds is 0. The van der Waals surface area contributed by atoms with Crippen LogP contribution in [0.15, 0.2) is 25.3 Å². The minimum atomic E-state index is 0. The molecule has 0 aliphatic carbocycles. The van der Waals surface area contributed by atoms with Crippen molar-refractivity contribution in [2.75, 3.05) is 0 Å². The molecule has 0 bridgehead atoms. The van der Waals surface area contributed by atoms with E-state index in [1.54, 1.807) is 0 Å². The van der Waals surface area contributed by atoms with Gasteiger partial charge in [0.1, 0.15) is 0 Å². The van der Waals surface area contributed by atoms with Crippen LogP contribution >= 0.6 is 0 Å². The molecular formula is C6H10CeCl-. The number of allylic oxidation sites excluding steroid dienone is 2. The van der Waals surface area contributed by atoms with Crippen LogP contribution in [0.4, 0.5) is 0 Å². The summed E-state index contributed by atoms with van der Waals surface area (Å²) in [6.07, 6.45) is 3.00. The van der Waals surface area contributed by atoms with E-state index in [0.29, 0.717) is 0 Å². The van der Waals surface area contributed by atoms with Gasteiger partial charge in [0.05, 0.1) is 0 Å². The van der Waals surface area contributed by atoms with Crippen LogP contribution in [0.2, 0.25) is 0 Å². The quantitative estimate of drug-likeness (QED) is 0.523. The zero-order valence-corrected chi connectivity index (χ0v) is 8.76.